The van der Waals surface area contributed by atoms with Crippen molar-refractivity contribution in [1.82, 2.24) is 9.88 Å². The highest BCUT2D eigenvalue weighted by Gasteiger charge is 2.22. The highest BCUT2D eigenvalue weighted by Crippen LogP contribution is 2.17. The molecule has 0 amide bonds. The van der Waals surface area contributed by atoms with E-state index in [-0.39, 0.29) is 0 Å². The van der Waals surface area contributed by atoms with Crippen molar-refractivity contribution in [2.45, 2.75) is 19.0 Å². The molecule has 0 saturated carbocycles. The predicted molar refractivity (Wildman–Crippen MR) is 94.7 cm³/mol. The first-order valence-corrected chi connectivity index (χ1v) is 8.19. The molecule has 2 heterocycles. The number of halogens is 1. The molecule has 130 valence electrons. The Morgan fingerprint density at radius 1 is 1.32 bits per heavy atom. The van der Waals surface area contributed by atoms with Crippen LogP contribution in [0.3, 0.4) is 0 Å². The van der Waals surface area contributed by atoms with Gasteiger partial charge in [-0.2, -0.15) is 4.39 Å². The molecule has 1 atom stereocenters. The van der Waals surface area contributed by atoms with E-state index in [4.69, 9.17) is 5.11 Å². The van der Waals surface area contributed by atoms with E-state index in [0.717, 1.165) is 32.1 Å². The van der Waals surface area contributed by atoms with E-state index >= 15 is 0 Å². The van der Waals surface area contributed by atoms with Gasteiger partial charge in [0.2, 0.25) is 5.83 Å². The SMILES string of the molecule is O=C(O)C(F)=Cc1ccc(N[C@@H]2CCN(Cc3ccccc3)C2)nc1. The Morgan fingerprint density at radius 2 is 2.12 bits per heavy atom. The topological polar surface area (TPSA) is 65.5 Å². The smallest absolute Gasteiger partial charge is 0.364 e. The minimum Gasteiger partial charge on any atom is -0.476 e. The largest absolute Gasteiger partial charge is 0.476 e. The molecule has 0 unspecified atom stereocenters. The summed E-state index contributed by atoms with van der Waals surface area (Å²) >= 11 is 0. The zero-order valence-corrected chi connectivity index (χ0v) is 13.7. The van der Waals surface area contributed by atoms with Crippen LogP contribution < -0.4 is 5.32 Å². The lowest BCUT2D eigenvalue weighted by Crippen LogP contribution is -2.26. The molecule has 5 nitrogen and oxygen atoms in total. The van der Waals surface area contributed by atoms with Gasteiger partial charge in [-0.3, -0.25) is 4.90 Å². The summed E-state index contributed by atoms with van der Waals surface area (Å²) in [5.74, 6) is -2.07. The van der Waals surface area contributed by atoms with Crippen molar-refractivity contribution >= 4 is 17.9 Å². The molecule has 1 aromatic heterocycles. The number of aromatic nitrogens is 1. The van der Waals surface area contributed by atoms with Crippen molar-refractivity contribution in [2.75, 3.05) is 18.4 Å². The predicted octanol–water partition coefficient (Wildman–Crippen LogP) is 3.16. The molecule has 1 aliphatic rings. The molecule has 0 radical (unpaired) electrons. The van der Waals surface area contributed by atoms with E-state index in [0.29, 0.717) is 17.4 Å². The van der Waals surface area contributed by atoms with Crippen molar-refractivity contribution in [3.63, 3.8) is 0 Å². The summed E-state index contributed by atoms with van der Waals surface area (Å²) < 4.78 is 13.1. The summed E-state index contributed by atoms with van der Waals surface area (Å²) in [6.45, 7) is 2.90. The number of hydrogen-bond donors (Lipinski definition) is 2. The Morgan fingerprint density at radius 3 is 2.80 bits per heavy atom. The number of likely N-dealkylation sites (tertiary alicyclic amines) is 1. The average Bonchev–Trinajstić information content (AvgIpc) is 3.04. The lowest BCUT2D eigenvalue weighted by atomic mass is 10.2. The molecular formula is C19H20FN3O2. The minimum absolute atomic E-state index is 0.313. The Balaban J connectivity index is 1.53. The van der Waals surface area contributed by atoms with E-state index in [1.807, 2.05) is 18.2 Å². The summed E-state index contributed by atoms with van der Waals surface area (Å²) in [6.07, 6.45) is 3.45. The maximum atomic E-state index is 13.1. The summed E-state index contributed by atoms with van der Waals surface area (Å²) in [6, 6.07) is 14.1. The van der Waals surface area contributed by atoms with E-state index < -0.39 is 11.8 Å². The first kappa shape index (κ1) is 17.1. The van der Waals surface area contributed by atoms with E-state index in [1.54, 1.807) is 12.1 Å². The van der Waals surface area contributed by atoms with Gasteiger partial charge in [-0.05, 0) is 35.8 Å². The van der Waals surface area contributed by atoms with Crippen molar-refractivity contribution in [3.8, 4) is 0 Å². The van der Waals surface area contributed by atoms with Crippen LogP contribution in [0.15, 0.2) is 54.5 Å². The molecular weight excluding hydrogens is 321 g/mol. The molecule has 2 aromatic rings. The summed E-state index contributed by atoms with van der Waals surface area (Å²) in [5, 5.41) is 11.9. The molecule has 1 aromatic carbocycles. The molecule has 6 heteroatoms. The second kappa shape index (κ2) is 7.90. The number of carboxylic acid groups (broad SMARTS) is 1. The van der Waals surface area contributed by atoms with Crippen molar-refractivity contribution < 1.29 is 14.3 Å². The van der Waals surface area contributed by atoms with Crippen LogP contribution in [0.2, 0.25) is 0 Å². The first-order chi connectivity index (χ1) is 12.1. The van der Waals surface area contributed by atoms with Gasteiger partial charge in [0.1, 0.15) is 5.82 Å². The van der Waals surface area contributed by atoms with Gasteiger partial charge in [-0.1, -0.05) is 30.3 Å². The van der Waals surface area contributed by atoms with E-state index in [1.165, 1.54) is 11.8 Å². The van der Waals surface area contributed by atoms with Gasteiger partial charge >= 0.3 is 5.97 Å². The quantitative estimate of drug-likeness (QED) is 0.790. The number of pyridine rings is 1. The number of aliphatic carboxylic acids is 1. The third-order valence-corrected chi connectivity index (χ3v) is 4.16. The molecule has 2 N–H and O–H groups in total. The number of nitrogens with zero attached hydrogens (tertiary/aromatic N) is 2. The highest BCUT2D eigenvalue weighted by molar-refractivity contribution is 5.89. The fraction of sp³-hybridized carbons (Fsp3) is 0.263. The number of carboxylic acids is 1. The number of rotatable bonds is 6. The van der Waals surface area contributed by atoms with Gasteiger partial charge in [0, 0.05) is 31.9 Å². The molecule has 1 fully saturated rings. The van der Waals surface area contributed by atoms with Crippen molar-refractivity contribution in [1.29, 1.82) is 0 Å². The van der Waals surface area contributed by atoms with Crippen LogP contribution in [0.5, 0.6) is 0 Å². The Bertz CT molecular complexity index is 747. The zero-order chi connectivity index (χ0) is 17.6. The van der Waals surface area contributed by atoms with Gasteiger partial charge < -0.3 is 10.4 Å². The van der Waals surface area contributed by atoms with Crippen LogP contribution in [0.4, 0.5) is 10.2 Å². The zero-order valence-electron chi connectivity index (χ0n) is 13.7. The van der Waals surface area contributed by atoms with Gasteiger partial charge in [0.25, 0.3) is 0 Å². The van der Waals surface area contributed by atoms with Gasteiger partial charge in [0.15, 0.2) is 0 Å². The number of nitrogens with one attached hydrogen (secondary N) is 1. The Hall–Kier alpha value is -2.73. The van der Waals surface area contributed by atoms with Crippen LogP contribution in [0.25, 0.3) is 6.08 Å². The first-order valence-electron chi connectivity index (χ1n) is 8.19. The molecule has 0 aliphatic carbocycles. The monoisotopic (exact) mass is 341 g/mol. The molecule has 0 bridgehead atoms. The third kappa shape index (κ3) is 4.87. The minimum atomic E-state index is -1.58. The Kier molecular flexibility index (Phi) is 5.40. The van der Waals surface area contributed by atoms with Gasteiger partial charge in [0.05, 0.1) is 0 Å². The maximum absolute atomic E-state index is 13.1. The van der Waals surface area contributed by atoms with Gasteiger partial charge in [-0.25, -0.2) is 9.78 Å². The Labute approximate surface area is 145 Å². The molecule has 25 heavy (non-hydrogen) atoms. The van der Waals surface area contributed by atoms with E-state index in [9.17, 15) is 9.18 Å². The fourth-order valence-corrected chi connectivity index (χ4v) is 2.93. The fourth-order valence-electron chi connectivity index (χ4n) is 2.93. The van der Waals surface area contributed by atoms with Gasteiger partial charge in [-0.15, -0.1) is 0 Å². The standard InChI is InChI=1S/C19H20FN3O2/c20-17(19(24)25)10-15-6-7-18(21-11-15)22-16-8-9-23(13-16)12-14-4-2-1-3-5-14/h1-7,10-11,16H,8-9,12-13H2,(H,21,22)(H,24,25)/t16-/m1/s1. The summed E-state index contributed by atoms with van der Waals surface area (Å²) in [7, 11) is 0. The lowest BCUT2D eigenvalue weighted by molar-refractivity contribution is -0.134. The average molecular weight is 341 g/mol. The molecule has 0 spiro atoms. The summed E-state index contributed by atoms with van der Waals surface area (Å²) in [4.78, 5) is 17.1. The lowest BCUT2D eigenvalue weighted by Gasteiger charge is -2.17. The number of anilines is 1. The molecule has 1 aliphatic heterocycles. The molecule has 1 saturated heterocycles. The number of carbonyl (C=O) groups is 1. The maximum Gasteiger partial charge on any atom is 0.364 e. The third-order valence-electron chi connectivity index (χ3n) is 4.16. The van der Waals surface area contributed by atoms with Crippen LogP contribution >= 0.6 is 0 Å². The molecule has 3 rings (SSSR count). The second-order valence-electron chi connectivity index (χ2n) is 6.12. The van der Waals surface area contributed by atoms with Crippen molar-refractivity contribution in [3.05, 3.63) is 65.6 Å². The van der Waals surface area contributed by atoms with Crippen LogP contribution in [0, 0.1) is 0 Å². The number of benzene rings is 1. The normalized spacial score (nSPS) is 18.3. The van der Waals surface area contributed by atoms with E-state index in [2.05, 4.69) is 27.3 Å². The second-order valence-corrected chi connectivity index (χ2v) is 6.12. The van der Waals surface area contributed by atoms with Crippen LogP contribution in [-0.4, -0.2) is 40.1 Å². The van der Waals surface area contributed by atoms with Crippen molar-refractivity contribution in [2.24, 2.45) is 0 Å². The number of hydrogen-bond acceptors (Lipinski definition) is 4. The summed E-state index contributed by atoms with van der Waals surface area (Å²) in [5.41, 5.74) is 1.72. The highest BCUT2D eigenvalue weighted by atomic mass is 19.1. The van der Waals surface area contributed by atoms with Crippen LogP contribution in [0.1, 0.15) is 17.5 Å². The van der Waals surface area contributed by atoms with Crippen LogP contribution in [-0.2, 0) is 11.3 Å².